The van der Waals surface area contributed by atoms with Gasteiger partial charge < -0.3 is 30.9 Å². The van der Waals surface area contributed by atoms with Gasteiger partial charge in [-0.2, -0.15) is 5.26 Å². The van der Waals surface area contributed by atoms with Crippen LogP contribution in [0.25, 0.3) is 0 Å². The minimum absolute atomic E-state index is 0.116. The number of rotatable bonds is 5. The van der Waals surface area contributed by atoms with Crippen molar-refractivity contribution in [3.05, 3.63) is 41.2 Å². The molecule has 2 aromatic rings. The second-order valence-electron chi connectivity index (χ2n) is 7.26. The number of nitriles is 1. The molecule has 0 bridgehead atoms. The zero-order valence-corrected chi connectivity index (χ0v) is 17.8. The highest BCUT2D eigenvalue weighted by Crippen LogP contribution is 2.29. The molecular weight excluding hydrogens is 417 g/mol. The largest absolute Gasteiger partial charge is 0.443 e. The van der Waals surface area contributed by atoms with Crippen LogP contribution in [-0.2, 0) is 11.3 Å². The Bertz CT molecular complexity index is 1040. The number of aliphatic imine (C=N–C) groups is 1. The monoisotopic (exact) mass is 441 g/mol. The Hall–Kier alpha value is -4.14. The molecule has 12 heteroatoms. The predicted molar refractivity (Wildman–Crippen MR) is 118 cm³/mol. The summed E-state index contributed by atoms with van der Waals surface area (Å²) in [5.41, 5.74) is 10.7. The number of halogens is 1. The minimum atomic E-state index is -1.02. The van der Waals surface area contributed by atoms with Crippen LogP contribution in [0.15, 0.2) is 29.3 Å². The number of piperazine rings is 1. The Balaban J connectivity index is 1.73. The highest BCUT2D eigenvalue weighted by atomic mass is 19.1. The van der Waals surface area contributed by atoms with Crippen LogP contribution < -0.4 is 26.2 Å². The summed E-state index contributed by atoms with van der Waals surface area (Å²) in [6, 6.07) is 8.71. The van der Waals surface area contributed by atoms with Crippen LogP contribution >= 0.6 is 0 Å². The number of hydrogen-bond acceptors (Lipinski definition) is 8. The van der Waals surface area contributed by atoms with E-state index < -0.39 is 17.9 Å². The van der Waals surface area contributed by atoms with Crippen LogP contribution in [0.4, 0.5) is 26.5 Å². The van der Waals surface area contributed by atoms with Crippen molar-refractivity contribution >= 4 is 29.4 Å². The highest BCUT2D eigenvalue weighted by molar-refractivity contribution is 5.87. The minimum Gasteiger partial charge on any atom is -0.443 e. The maximum Gasteiger partial charge on any atom is 0.437 e. The molecule has 0 radical (unpaired) electrons. The second kappa shape index (κ2) is 9.78. The van der Waals surface area contributed by atoms with E-state index in [0.29, 0.717) is 26.2 Å². The molecule has 3 rings (SSSR count). The van der Waals surface area contributed by atoms with Gasteiger partial charge in [0.25, 0.3) is 0 Å². The van der Waals surface area contributed by atoms with Gasteiger partial charge in [0.05, 0.1) is 11.3 Å². The average Bonchev–Trinajstić information content (AvgIpc) is 2.77. The van der Waals surface area contributed by atoms with Crippen molar-refractivity contribution in [2.75, 3.05) is 55.0 Å². The lowest BCUT2D eigenvalue weighted by Crippen LogP contribution is -2.47. The number of nitrogens with two attached hydrogens (primary N) is 2. The van der Waals surface area contributed by atoms with Crippen LogP contribution in [0.2, 0.25) is 0 Å². The molecule has 0 saturated carbocycles. The summed E-state index contributed by atoms with van der Waals surface area (Å²) >= 11 is 0. The molecule has 1 fully saturated rings. The fraction of sp³-hybridized carbons (Fsp3) is 0.350. The van der Waals surface area contributed by atoms with Gasteiger partial charge >= 0.3 is 6.09 Å². The number of guanidine groups is 1. The second-order valence-corrected chi connectivity index (χ2v) is 7.26. The first-order chi connectivity index (χ1) is 15.3. The van der Waals surface area contributed by atoms with Gasteiger partial charge in [-0.05, 0) is 18.2 Å². The van der Waals surface area contributed by atoms with Gasteiger partial charge in [-0.1, -0.05) is 6.07 Å². The predicted octanol–water partition coefficient (Wildman–Crippen LogP) is 0.790. The summed E-state index contributed by atoms with van der Waals surface area (Å²) in [5.74, 6) is 0.419. The topological polar surface area (TPSA) is 150 Å². The average molecular weight is 441 g/mol. The third-order valence-electron chi connectivity index (χ3n) is 4.90. The summed E-state index contributed by atoms with van der Waals surface area (Å²) in [4.78, 5) is 20.4. The number of amides is 1. The van der Waals surface area contributed by atoms with Gasteiger partial charge in [-0.3, -0.25) is 0 Å². The van der Waals surface area contributed by atoms with Crippen LogP contribution in [0, 0.1) is 17.1 Å². The molecule has 168 valence electrons. The molecule has 2 heterocycles. The Morgan fingerprint density at radius 2 is 1.88 bits per heavy atom. The summed E-state index contributed by atoms with van der Waals surface area (Å²) in [6.45, 7) is 1.72. The van der Waals surface area contributed by atoms with Crippen LogP contribution in [-0.4, -0.2) is 62.5 Å². The lowest BCUT2D eigenvalue weighted by Gasteiger charge is -2.37. The van der Waals surface area contributed by atoms with E-state index in [1.807, 2.05) is 42.1 Å². The fourth-order valence-corrected chi connectivity index (χ4v) is 3.28. The number of anilines is 3. The van der Waals surface area contributed by atoms with E-state index in [9.17, 15) is 10.1 Å². The highest BCUT2D eigenvalue weighted by Gasteiger charge is 2.25. The number of nitrogens with zero attached hydrogens (tertiary/aromatic N) is 7. The molecule has 1 aromatic carbocycles. The Morgan fingerprint density at radius 3 is 2.44 bits per heavy atom. The van der Waals surface area contributed by atoms with E-state index in [1.54, 1.807) is 4.90 Å². The van der Waals surface area contributed by atoms with Gasteiger partial charge in [-0.15, -0.1) is 15.2 Å². The van der Waals surface area contributed by atoms with E-state index in [-0.39, 0.29) is 23.4 Å². The SMILES string of the molecule is CN(C)c1ccc(N2CCN(c3c(C#N)ccc(COC(=O)N=C(N)N)c3F)CC2)nn1. The molecule has 4 N–H and O–H groups in total. The summed E-state index contributed by atoms with van der Waals surface area (Å²) in [6.07, 6.45) is -1.02. The first-order valence-corrected chi connectivity index (χ1v) is 9.79. The maximum atomic E-state index is 15.2. The maximum absolute atomic E-state index is 15.2. The van der Waals surface area contributed by atoms with E-state index in [0.717, 1.165) is 11.6 Å². The van der Waals surface area contributed by atoms with Crippen molar-refractivity contribution in [3.8, 4) is 6.07 Å². The molecule has 0 spiro atoms. The first-order valence-electron chi connectivity index (χ1n) is 9.79. The molecule has 1 aromatic heterocycles. The third-order valence-corrected chi connectivity index (χ3v) is 4.90. The number of aromatic nitrogens is 2. The van der Waals surface area contributed by atoms with Gasteiger partial charge in [0.15, 0.2) is 23.4 Å². The summed E-state index contributed by atoms with van der Waals surface area (Å²) in [5, 5.41) is 17.9. The third kappa shape index (κ3) is 5.12. The van der Waals surface area contributed by atoms with E-state index in [2.05, 4.69) is 15.2 Å². The van der Waals surface area contributed by atoms with Crippen LogP contribution in [0.3, 0.4) is 0 Å². The molecule has 1 amide bonds. The molecule has 11 nitrogen and oxygen atoms in total. The summed E-state index contributed by atoms with van der Waals surface area (Å²) in [7, 11) is 3.78. The summed E-state index contributed by atoms with van der Waals surface area (Å²) < 4.78 is 20.1. The molecule has 0 unspecified atom stereocenters. The molecule has 1 aliphatic heterocycles. The lowest BCUT2D eigenvalue weighted by atomic mass is 10.1. The van der Waals surface area contributed by atoms with E-state index in [1.165, 1.54) is 12.1 Å². The lowest BCUT2D eigenvalue weighted by molar-refractivity contribution is 0.149. The Labute approximate surface area is 184 Å². The molecule has 1 aliphatic rings. The molecule has 0 aliphatic carbocycles. The number of ether oxygens (including phenoxy) is 1. The van der Waals surface area contributed by atoms with Crippen molar-refractivity contribution in [1.82, 2.24) is 10.2 Å². The number of hydrogen-bond donors (Lipinski definition) is 2. The van der Waals surface area contributed by atoms with Crippen LogP contribution in [0.1, 0.15) is 11.1 Å². The number of carbonyl (C=O) groups excluding carboxylic acids is 1. The standard InChI is InChI=1S/C20H24FN9O2/c1-28(2)15-5-6-16(27-26-15)29-7-9-30(10-8-29)18-13(11-22)3-4-14(17(18)21)12-32-20(31)25-19(23)24/h3-6H,7-10,12H2,1-2H3,(H4,23,24,25,31). The van der Waals surface area contributed by atoms with Gasteiger partial charge in [-0.25, -0.2) is 9.18 Å². The molecule has 0 atom stereocenters. The van der Waals surface area contributed by atoms with Crippen molar-refractivity contribution in [2.24, 2.45) is 16.5 Å². The Kier molecular flexibility index (Phi) is 6.89. The van der Waals surface area contributed by atoms with Gasteiger partial charge in [0.2, 0.25) is 0 Å². The first kappa shape index (κ1) is 22.5. The number of benzene rings is 1. The Morgan fingerprint density at radius 1 is 1.19 bits per heavy atom. The molecule has 32 heavy (non-hydrogen) atoms. The molecule has 1 saturated heterocycles. The smallest absolute Gasteiger partial charge is 0.437 e. The van der Waals surface area contributed by atoms with E-state index >= 15 is 4.39 Å². The van der Waals surface area contributed by atoms with E-state index in [4.69, 9.17) is 16.2 Å². The fourth-order valence-electron chi connectivity index (χ4n) is 3.28. The van der Waals surface area contributed by atoms with Crippen LogP contribution in [0.5, 0.6) is 0 Å². The van der Waals surface area contributed by atoms with Crippen molar-refractivity contribution in [3.63, 3.8) is 0 Å². The zero-order chi connectivity index (χ0) is 23.3. The van der Waals surface area contributed by atoms with Crippen molar-refractivity contribution in [1.29, 1.82) is 5.26 Å². The zero-order valence-electron chi connectivity index (χ0n) is 17.8. The van der Waals surface area contributed by atoms with Crippen molar-refractivity contribution in [2.45, 2.75) is 6.61 Å². The quantitative estimate of drug-likeness (QED) is 0.503. The van der Waals surface area contributed by atoms with Gasteiger partial charge in [0.1, 0.15) is 12.7 Å². The molecular formula is C20H24FN9O2. The normalized spacial score (nSPS) is 13.3. The number of carbonyl (C=O) groups is 1. The van der Waals surface area contributed by atoms with Gasteiger partial charge in [0, 0.05) is 45.8 Å². The van der Waals surface area contributed by atoms with Crippen molar-refractivity contribution < 1.29 is 13.9 Å².